The van der Waals surface area contributed by atoms with E-state index in [1.807, 2.05) is 0 Å². The van der Waals surface area contributed by atoms with Crippen molar-refractivity contribution < 1.29 is 9.59 Å². The minimum Gasteiger partial charge on any atom is -0.350 e. The van der Waals surface area contributed by atoms with E-state index in [2.05, 4.69) is 9.97 Å². The third-order valence-electron chi connectivity index (χ3n) is 2.10. The molecule has 1 aromatic rings. The van der Waals surface area contributed by atoms with E-state index in [0.717, 1.165) is 0 Å². The molecule has 0 aliphatic rings. The molecule has 0 unspecified atom stereocenters. The molecule has 10 heteroatoms. The molecule has 18 heavy (non-hydrogen) atoms. The van der Waals surface area contributed by atoms with Crippen molar-refractivity contribution in [1.82, 2.24) is 9.97 Å². The Labute approximate surface area is 102 Å². The van der Waals surface area contributed by atoms with Crippen LogP contribution in [0.1, 0.15) is 11.5 Å². The molecule has 0 aliphatic heterocycles. The van der Waals surface area contributed by atoms with Crippen LogP contribution in [-0.4, -0.2) is 22.0 Å². The highest BCUT2D eigenvalue weighted by Gasteiger charge is 2.23. The summed E-state index contributed by atoms with van der Waals surface area (Å²) in [4.78, 5) is 30.1. The molecule has 8 N–H and O–H groups in total. The molecule has 4 amide bonds. The zero-order valence-electron chi connectivity index (χ0n) is 9.91. The molecule has 0 aliphatic carbocycles. The summed E-state index contributed by atoms with van der Waals surface area (Å²) in [7, 11) is 0. The number of hydrazine groups is 2. The van der Waals surface area contributed by atoms with Gasteiger partial charge in [0.15, 0.2) is 5.82 Å². The van der Waals surface area contributed by atoms with Gasteiger partial charge >= 0.3 is 12.1 Å². The lowest BCUT2D eigenvalue weighted by molar-refractivity contribution is 0.252. The van der Waals surface area contributed by atoms with Gasteiger partial charge < -0.3 is 11.5 Å². The van der Waals surface area contributed by atoms with Crippen molar-refractivity contribution in [3.8, 4) is 0 Å². The van der Waals surface area contributed by atoms with Crippen LogP contribution < -0.4 is 33.2 Å². The zero-order valence-corrected chi connectivity index (χ0v) is 9.91. The molecule has 1 rings (SSSR count). The molecular formula is C8H14N8O2. The van der Waals surface area contributed by atoms with Crippen LogP contribution in [0.4, 0.5) is 21.1 Å². The van der Waals surface area contributed by atoms with Crippen LogP contribution in [0.2, 0.25) is 0 Å². The predicted molar refractivity (Wildman–Crippen MR) is 64.0 cm³/mol. The third kappa shape index (κ3) is 2.44. The summed E-state index contributed by atoms with van der Waals surface area (Å²) in [5.41, 5.74) is 10.4. The first-order chi connectivity index (χ1) is 8.25. The lowest BCUT2D eigenvalue weighted by Gasteiger charge is -2.22. The normalized spacial score (nSPS) is 10.0. The SMILES string of the molecule is Cc1nc(C)c(N(N)C(N)=O)c(N(N)C(N)=O)n1. The maximum absolute atomic E-state index is 11.1. The number of primary amides is 2. The van der Waals surface area contributed by atoms with Gasteiger partial charge in [-0.1, -0.05) is 0 Å². The molecule has 98 valence electrons. The second-order valence-electron chi connectivity index (χ2n) is 3.44. The summed E-state index contributed by atoms with van der Waals surface area (Å²) in [6.07, 6.45) is 0. The second-order valence-corrected chi connectivity index (χ2v) is 3.44. The van der Waals surface area contributed by atoms with E-state index in [0.29, 0.717) is 21.5 Å². The highest BCUT2D eigenvalue weighted by atomic mass is 16.2. The van der Waals surface area contributed by atoms with Gasteiger partial charge in [0.2, 0.25) is 0 Å². The molecule has 0 fully saturated rings. The maximum atomic E-state index is 11.1. The molecule has 0 aromatic carbocycles. The number of nitrogens with two attached hydrogens (primary N) is 4. The second kappa shape index (κ2) is 4.81. The Morgan fingerprint density at radius 1 is 1.00 bits per heavy atom. The van der Waals surface area contributed by atoms with E-state index in [1.54, 1.807) is 13.8 Å². The van der Waals surface area contributed by atoms with Gasteiger partial charge in [0.1, 0.15) is 11.5 Å². The summed E-state index contributed by atoms with van der Waals surface area (Å²) in [5, 5.41) is 1.15. The Kier molecular flexibility index (Phi) is 3.64. The number of urea groups is 2. The maximum Gasteiger partial charge on any atom is 0.335 e. The van der Waals surface area contributed by atoms with E-state index in [1.165, 1.54) is 0 Å². The van der Waals surface area contributed by atoms with Crippen molar-refractivity contribution in [3.05, 3.63) is 11.5 Å². The smallest absolute Gasteiger partial charge is 0.335 e. The molecule has 10 nitrogen and oxygen atoms in total. The van der Waals surface area contributed by atoms with Crippen molar-refractivity contribution in [2.24, 2.45) is 23.2 Å². The minimum absolute atomic E-state index is 0.00870. The first kappa shape index (κ1) is 13.6. The molecule has 0 bridgehead atoms. The molecule has 1 aromatic heterocycles. The summed E-state index contributed by atoms with van der Waals surface area (Å²) in [6.45, 7) is 3.14. The number of nitrogens with zero attached hydrogens (tertiary/aromatic N) is 4. The number of hydrogen-bond donors (Lipinski definition) is 4. The Bertz CT molecular complexity index is 502. The van der Waals surface area contributed by atoms with Gasteiger partial charge in [0.25, 0.3) is 0 Å². The van der Waals surface area contributed by atoms with E-state index in [9.17, 15) is 9.59 Å². The minimum atomic E-state index is -0.966. The Hall–Kier alpha value is -2.46. The zero-order chi connectivity index (χ0) is 14.0. The number of rotatable bonds is 2. The summed E-state index contributed by atoms with van der Waals surface area (Å²) >= 11 is 0. The van der Waals surface area contributed by atoms with E-state index in [4.69, 9.17) is 23.2 Å². The molecule has 0 spiro atoms. The molecule has 0 atom stereocenters. The standard InChI is InChI=1S/C8H14N8O2/c1-3-5(15(11)7(9)17)6(14-4(2)13-3)16(12)8(10)18/h11-12H2,1-2H3,(H2,9,17)(H2,10,18). The van der Waals surface area contributed by atoms with Gasteiger partial charge in [0.05, 0.1) is 5.69 Å². The average Bonchev–Trinajstić information content (AvgIpc) is 2.25. The number of amides is 4. The fourth-order valence-corrected chi connectivity index (χ4v) is 1.35. The van der Waals surface area contributed by atoms with Gasteiger partial charge in [-0.15, -0.1) is 0 Å². The largest absolute Gasteiger partial charge is 0.350 e. The van der Waals surface area contributed by atoms with Crippen molar-refractivity contribution in [2.45, 2.75) is 13.8 Å². The number of hydrogen-bond acceptors (Lipinski definition) is 6. The average molecular weight is 254 g/mol. The van der Waals surface area contributed by atoms with Crippen molar-refractivity contribution in [2.75, 3.05) is 10.0 Å². The van der Waals surface area contributed by atoms with E-state index in [-0.39, 0.29) is 11.5 Å². The fourth-order valence-electron chi connectivity index (χ4n) is 1.35. The number of aryl methyl sites for hydroxylation is 2. The van der Waals surface area contributed by atoms with Crippen LogP contribution in [0.3, 0.4) is 0 Å². The Morgan fingerprint density at radius 2 is 1.50 bits per heavy atom. The van der Waals surface area contributed by atoms with Gasteiger partial charge in [0, 0.05) is 0 Å². The number of carbonyl (C=O) groups is 2. The van der Waals surface area contributed by atoms with Crippen LogP contribution in [0, 0.1) is 13.8 Å². The van der Waals surface area contributed by atoms with Crippen molar-refractivity contribution >= 4 is 23.6 Å². The number of aromatic nitrogens is 2. The lowest BCUT2D eigenvalue weighted by atomic mass is 10.3. The predicted octanol–water partition coefficient (Wildman–Crippen LogP) is -1.39. The lowest BCUT2D eigenvalue weighted by Crippen LogP contribution is -2.47. The molecule has 1 heterocycles. The highest BCUT2D eigenvalue weighted by molar-refractivity contribution is 5.98. The van der Waals surface area contributed by atoms with Gasteiger partial charge in [-0.25, -0.2) is 41.3 Å². The number of anilines is 2. The first-order valence-electron chi connectivity index (χ1n) is 4.79. The van der Waals surface area contributed by atoms with Crippen LogP contribution in [0.25, 0.3) is 0 Å². The molecule has 0 saturated heterocycles. The molecule has 0 saturated carbocycles. The van der Waals surface area contributed by atoms with Crippen molar-refractivity contribution in [1.29, 1.82) is 0 Å². The van der Waals surface area contributed by atoms with Gasteiger partial charge in [-0.3, -0.25) is 0 Å². The van der Waals surface area contributed by atoms with Gasteiger partial charge in [-0.05, 0) is 13.8 Å². The van der Waals surface area contributed by atoms with Crippen LogP contribution >= 0.6 is 0 Å². The van der Waals surface area contributed by atoms with Crippen molar-refractivity contribution in [3.63, 3.8) is 0 Å². The van der Waals surface area contributed by atoms with Crippen LogP contribution in [-0.2, 0) is 0 Å². The number of carbonyl (C=O) groups excluding carboxylic acids is 2. The summed E-state index contributed by atoms with van der Waals surface area (Å²) in [6, 6.07) is -1.92. The Morgan fingerprint density at radius 3 is 1.94 bits per heavy atom. The fraction of sp³-hybridized carbons (Fsp3) is 0.250. The molecular weight excluding hydrogens is 240 g/mol. The van der Waals surface area contributed by atoms with E-state index >= 15 is 0 Å². The van der Waals surface area contributed by atoms with Crippen LogP contribution in [0.5, 0.6) is 0 Å². The topological polar surface area (TPSA) is 170 Å². The Balaban J connectivity index is 3.47. The van der Waals surface area contributed by atoms with Crippen LogP contribution in [0.15, 0.2) is 0 Å². The van der Waals surface area contributed by atoms with Gasteiger partial charge in [-0.2, -0.15) is 0 Å². The highest BCUT2D eigenvalue weighted by Crippen LogP contribution is 2.26. The summed E-state index contributed by atoms with van der Waals surface area (Å²) in [5.74, 6) is 11.2. The first-order valence-corrected chi connectivity index (χ1v) is 4.79. The van der Waals surface area contributed by atoms with E-state index < -0.39 is 12.1 Å². The quantitative estimate of drug-likeness (QED) is 0.287. The third-order valence-corrected chi connectivity index (χ3v) is 2.10. The molecule has 0 radical (unpaired) electrons. The summed E-state index contributed by atoms with van der Waals surface area (Å²) < 4.78 is 0. The monoisotopic (exact) mass is 254 g/mol.